The zero-order valence-electron chi connectivity index (χ0n) is 31.5. The van der Waals surface area contributed by atoms with Crippen molar-refractivity contribution in [1.29, 1.82) is 0 Å². The molecule has 0 N–H and O–H groups in total. The van der Waals surface area contributed by atoms with Crippen LogP contribution < -0.4 is 18.9 Å². The molecule has 10 heteroatoms. The van der Waals surface area contributed by atoms with Crippen molar-refractivity contribution in [3.05, 3.63) is 114 Å². The average Bonchev–Trinajstić information content (AvgIpc) is 3.15. The number of hydrogen-bond donors (Lipinski definition) is 0. The van der Waals surface area contributed by atoms with Crippen LogP contribution in [0.1, 0.15) is 71.2 Å². The maximum Gasteiger partial charge on any atom is 0.126 e. The summed E-state index contributed by atoms with van der Waals surface area (Å²) in [6.07, 6.45) is 4.28. The summed E-state index contributed by atoms with van der Waals surface area (Å²) >= 11 is 7.72. The van der Waals surface area contributed by atoms with Crippen LogP contribution in [0.5, 0.6) is 23.0 Å². The van der Waals surface area contributed by atoms with E-state index in [9.17, 15) is 0 Å². The van der Waals surface area contributed by atoms with Crippen molar-refractivity contribution in [3.63, 3.8) is 0 Å². The average molecular weight is 869 g/mol. The van der Waals surface area contributed by atoms with Gasteiger partial charge in [-0.3, -0.25) is 0 Å². The van der Waals surface area contributed by atoms with Crippen LogP contribution in [0, 0.1) is 0 Å². The molecule has 0 saturated carbocycles. The molecule has 0 aromatic heterocycles. The standard InChI is InChI=1S/C44H52Br2O8/c1-3-11-51-41-31-7-5-8-32(41)24-36-28-40(46)30-38-26-34-10-6-9-33(42(34)52-12-4-2)25-37-29-39(45)27-35(23-31)43(37)53-21-19-49-17-15-47-13-14-48-16-18-50-20-22-54-44(36)38/h5-10,27-30H,3-4,11-26H2,1-2H3. The maximum atomic E-state index is 6.70. The first-order chi connectivity index (χ1) is 26.5. The van der Waals surface area contributed by atoms with E-state index in [1.165, 1.54) is 0 Å². The van der Waals surface area contributed by atoms with Crippen LogP contribution in [0.15, 0.2) is 69.6 Å². The molecule has 0 saturated heterocycles. The van der Waals surface area contributed by atoms with E-state index in [0.29, 0.717) is 105 Å². The first-order valence-electron chi connectivity index (χ1n) is 19.2. The van der Waals surface area contributed by atoms with E-state index >= 15 is 0 Å². The molecule has 8 nitrogen and oxygen atoms in total. The molecule has 2 aliphatic rings. The summed E-state index contributed by atoms with van der Waals surface area (Å²) in [6.45, 7) is 10.1. The van der Waals surface area contributed by atoms with Crippen molar-refractivity contribution < 1.29 is 37.9 Å². The van der Waals surface area contributed by atoms with Gasteiger partial charge in [-0.2, -0.15) is 0 Å². The Balaban J connectivity index is 1.53. The van der Waals surface area contributed by atoms with Crippen LogP contribution in [-0.2, 0) is 44.6 Å². The molecule has 0 atom stereocenters. The van der Waals surface area contributed by atoms with Gasteiger partial charge in [-0.1, -0.05) is 82.1 Å². The Morgan fingerprint density at radius 1 is 0.444 bits per heavy atom. The van der Waals surface area contributed by atoms with Gasteiger partial charge in [0.05, 0.1) is 66.1 Å². The monoisotopic (exact) mass is 866 g/mol. The molecule has 6 rings (SSSR count). The fraction of sp³-hybridized carbons (Fsp3) is 0.455. The van der Waals surface area contributed by atoms with Crippen LogP contribution in [0.3, 0.4) is 0 Å². The van der Waals surface area contributed by atoms with Crippen LogP contribution in [0.4, 0.5) is 0 Å². The topological polar surface area (TPSA) is 73.8 Å². The fourth-order valence-electron chi connectivity index (χ4n) is 6.92. The van der Waals surface area contributed by atoms with Crippen LogP contribution in [0.2, 0.25) is 0 Å². The van der Waals surface area contributed by atoms with E-state index in [2.05, 4.69) is 106 Å². The Morgan fingerprint density at radius 2 is 0.741 bits per heavy atom. The minimum absolute atomic E-state index is 0.398. The third-order valence-electron chi connectivity index (χ3n) is 9.26. The second kappa shape index (κ2) is 21.3. The van der Waals surface area contributed by atoms with Crippen molar-refractivity contribution in [2.45, 2.75) is 52.4 Å². The largest absolute Gasteiger partial charge is 0.493 e. The summed E-state index contributed by atoms with van der Waals surface area (Å²) in [4.78, 5) is 0. The highest BCUT2D eigenvalue weighted by molar-refractivity contribution is 9.10. The number of halogens is 2. The van der Waals surface area contributed by atoms with Gasteiger partial charge in [0.1, 0.15) is 36.2 Å². The zero-order chi connectivity index (χ0) is 37.5. The lowest BCUT2D eigenvalue weighted by Crippen LogP contribution is -2.15. The highest BCUT2D eigenvalue weighted by Gasteiger charge is 2.23. The van der Waals surface area contributed by atoms with Crippen LogP contribution >= 0.6 is 31.9 Å². The lowest BCUT2D eigenvalue weighted by Gasteiger charge is -2.23. The van der Waals surface area contributed by atoms with Crippen molar-refractivity contribution in [1.82, 2.24) is 0 Å². The minimum Gasteiger partial charge on any atom is -0.493 e. The number of fused-ring (bicyclic) bond motifs is 2. The molecule has 4 aromatic carbocycles. The molecule has 1 aliphatic heterocycles. The van der Waals surface area contributed by atoms with E-state index in [1.54, 1.807) is 0 Å². The number of benzene rings is 4. The summed E-state index contributed by atoms with van der Waals surface area (Å²) in [5.41, 5.74) is 8.68. The highest BCUT2D eigenvalue weighted by atomic mass is 79.9. The van der Waals surface area contributed by atoms with Gasteiger partial charge < -0.3 is 37.9 Å². The van der Waals surface area contributed by atoms with Gasteiger partial charge in [0, 0.05) is 56.9 Å². The molecule has 10 bridgehead atoms. The summed E-state index contributed by atoms with van der Waals surface area (Å²) in [7, 11) is 0. The first-order valence-corrected chi connectivity index (χ1v) is 20.8. The molecule has 290 valence electrons. The molecule has 54 heavy (non-hydrogen) atoms. The van der Waals surface area contributed by atoms with E-state index < -0.39 is 0 Å². The molecule has 0 unspecified atom stereocenters. The SMILES string of the molecule is CCCOc1c2cccc1Cc1cc(Br)cc3c1OCCOCCOCCOCCOCCOc1c(cc(Br)cc1Cc1cccc(c1OCCC)C3)C2. The molecule has 0 radical (unpaired) electrons. The van der Waals surface area contributed by atoms with E-state index in [4.69, 9.17) is 37.9 Å². The van der Waals surface area contributed by atoms with E-state index in [0.717, 1.165) is 89.3 Å². The Kier molecular flexibility index (Phi) is 16.0. The lowest BCUT2D eigenvalue weighted by atomic mass is 9.91. The second-order valence-electron chi connectivity index (χ2n) is 13.5. The van der Waals surface area contributed by atoms with Crippen molar-refractivity contribution >= 4 is 31.9 Å². The fourth-order valence-corrected chi connectivity index (χ4v) is 8.02. The molecular formula is C44H52Br2O8. The molecular weight excluding hydrogens is 816 g/mol. The van der Waals surface area contributed by atoms with Crippen LogP contribution in [-0.4, -0.2) is 79.3 Å². The van der Waals surface area contributed by atoms with E-state index in [-0.39, 0.29) is 0 Å². The second-order valence-corrected chi connectivity index (χ2v) is 15.3. The van der Waals surface area contributed by atoms with Gasteiger partial charge in [-0.15, -0.1) is 0 Å². The van der Waals surface area contributed by atoms with Crippen molar-refractivity contribution in [3.8, 4) is 23.0 Å². The van der Waals surface area contributed by atoms with Gasteiger partial charge in [0.2, 0.25) is 0 Å². The first kappa shape index (κ1) is 40.5. The summed E-state index contributed by atoms with van der Waals surface area (Å²) in [6, 6.07) is 21.6. The maximum absolute atomic E-state index is 6.70. The number of ether oxygens (including phenoxy) is 8. The summed E-state index contributed by atoms with van der Waals surface area (Å²) in [5, 5.41) is 0. The molecule has 0 fully saturated rings. The van der Waals surface area contributed by atoms with Crippen LogP contribution in [0.25, 0.3) is 0 Å². The zero-order valence-corrected chi connectivity index (χ0v) is 34.7. The number of hydrogen-bond acceptors (Lipinski definition) is 8. The van der Waals surface area contributed by atoms with E-state index in [1.807, 2.05) is 0 Å². The molecule has 1 heterocycles. The third kappa shape index (κ3) is 11.2. The van der Waals surface area contributed by atoms with Gasteiger partial charge in [-0.25, -0.2) is 0 Å². The minimum atomic E-state index is 0.398. The van der Waals surface area contributed by atoms with Gasteiger partial charge in [0.25, 0.3) is 0 Å². The van der Waals surface area contributed by atoms with Gasteiger partial charge in [0.15, 0.2) is 0 Å². The molecule has 4 aromatic rings. The Morgan fingerprint density at radius 3 is 1.04 bits per heavy atom. The Labute approximate surface area is 337 Å². The highest BCUT2D eigenvalue weighted by Crippen LogP contribution is 2.41. The quantitative estimate of drug-likeness (QED) is 0.167. The Bertz CT molecular complexity index is 1590. The number of rotatable bonds is 6. The summed E-state index contributed by atoms with van der Waals surface area (Å²) in [5.74, 6) is 3.53. The number of para-hydroxylation sites is 2. The predicted molar refractivity (Wildman–Crippen MR) is 218 cm³/mol. The summed E-state index contributed by atoms with van der Waals surface area (Å²) < 4.78 is 51.9. The van der Waals surface area contributed by atoms with Crippen molar-refractivity contribution in [2.24, 2.45) is 0 Å². The normalized spacial score (nSPS) is 16.1. The lowest BCUT2D eigenvalue weighted by molar-refractivity contribution is -0.00706. The molecule has 1 aliphatic carbocycles. The molecule has 0 amide bonds. The predicted octanol–water partition coefficient (Wildman–Crippen LogP) is 9.30. The van der Waals surface area contributed by atoms with Gasteiger partial charge in [-0.05, 0) is 59.4 Å². The molecule has 0 spiro atoms. The third-order valence-corrected chi connectivity index (χ3v) is 10.2. The Hall–Kier alpha value is -3.12. The van der Waals surface area contributed by atoms with Crippen molar-refractivity contribution in [2.75, 3.05) is 79.3 Å². The smallest absolute Gasteiger partial charge is 0.126 e. The van der Waals surface area contributed by atoms with Gasteiger partial charge >= 0.3 is 0 Å².